The highest BCUT2D eigenvalue weighted by Gasteiger charge is 2.47. The lowest BCUT2D eigenvalue weighted by Crippen LogP contribution is -2.64. The number of hydrogen-bond donors (Lipinski definition) is 0. The molecule has 1 spiro atoms. The summed E-state index contributed by atoms with van der Waals surface area (Å²) in [7, 11) is 2.11. The summed E-state index contributed by atoms with van der Waals surface area (Å²) < 4.78 is 0. The molecule has 0 N–H and O–H groups in total. The molecule has 0 bridgehead atoms. The lowest BCUT2D eigenvalue weighted by Gasteiger charge is -2.47. The maximum absolute atomic E-state index is 12.6. The molecule has 2 saturated heterocycles. The summed E-state index contributed by atoms with van der Waals surface area (Å²) in [5.74, 6) is 0.200. The van der Waals surface area contributed by atoms with Crippen LogP contribution in [0.25, 0.3) is 0 Å². The minimum Gasteiger partial charge on any atom is -0.309 e. The summed E-state index contributed by atoms with van der Waals surface area (Å²) in [5.41, 5.74) is 1.09. The number of amides is 1. The number of hydrogen-bond acceptors (Lipinski definition) is 4. The fourth-order valence-corrected chi connectivity index (χ4v) is 4.69. The van der Waals surface area contributed by atoms with Gasteiger partial charge in [0.15, 0.2) is 0 Å². The van der Waals surface area contributed by atoms with Gasteiger partial charge in [-0.1, -0.05) is 24.3 Å². The molecular weight excluding hydrogens is 318 g/mol. The van der Waals surface area contributed by atoms with Gasteiger partial charge in [-0.2, -0.15) is 0 Å². The van der Waals surface area contributed by atoms with E-state index >= 15 is 0 Å². The van der Waals surface area contributed by atoms with Gasteiger partial charge in [0.05, 0.1) is 12.1 Å². The molecule has 5 heteroatoms. The molecule has 0 aliphatic carbocycles. The van der Waals surface area contributed by atoms with Crippen molar-refractivity contribution in [3.8, 4) is 0 Å². The first-order chi connectivity index (χ1) is 11.7. The zero-order valence-electron chi connectivity index (χ0n) is 14.0. The minimum absolute atomic E-state index is 0.0704. The second-order valence-corrected chi connectivity index (χ2v) is 7.97. The van der Waals surface area contributed by atoms with Gasteiger partial charge in [-0.05, 0) is 37.0 Å². The molecule has 1 aromatic carbocycles. The number of anilines is 1. The molecule has 4 rings (SSSR count). The molecule has 2 aliphatic heterocycles. The third-order valence-electron chi connectivity index (χ3n) is 5.37. The highest BCUT2D eigenvalue weighted by atomic mass is 32.1. The number of nitrogens with zero attached hydrogens (tertiary/aromatic N) is 3. The molecule has 2 fully saturated rings. The zero-order valence-corrected chi connectivity index (χ0v) is 14.8. The second-order valence-electron chi connectivity index (χ2n) is 6.94. The molecule has 2 aromatic rings. The summed E-state index contributed by atoms with van der Waals surface area (Å²) in [6, 6.07) is 14.4. The van der Waals surface area contributed by atoms with Crippen LogP contribution in [0.1, 0.15) is 11.3 Å². The fourth-order valence-electron chi connectivity index (χ4n) is 3.94. The topological polar surface area (TPSA) is 26.8 Å². The van der Waals surface area contributed by atoms with E-state index < -0.39 is 0 Å². The van der Waals surface area contributed by atoms with E-state index in [0.29, 0.717) is 6.54 Å². The summed E-state index contributed by atoms with van der Waals surface area (Å²) in [5, 5.41) is 2.14. The Balaban J connectivity index is 1.52. The highest BCUT2D eigenvalue weighted by Crippen LogP contribution is 2.34. The van der Waals surface area contributed by atoms with Gasteiger partial charge in [-0.15, -0.1) is 11.3 Å². The van der Waals surface area contributed by atoms with Gasteiger partial charge < -0.3 is 4.90 Å². The predicted molar refractivity (Wildman–Crippen MR) is 98.4 cm³/mol. The normalized spacial score (nSPS) is 25.7. The first kappa shape index (κ1) is 15.8. The van der Waals surface area contributed by atoms with E-state index in [-0.39, 0.29) is 11.4 Å². The van der Waals surface area contributed by atoms with E-state index in [2.05, 4.69) is 34.4 Å². The molecule has 24 heavy (non-hydrogen) atoms. The van der Waals surface area contributed by atoms with Gasteiger partial charge in [0.1, 0.15) is 0 Å². The average Bonchev–Trinajstić information content (AvgIpc) is 3.23. The Labute approximate surface area is 147 Å². The number of carbonyl (C=O) groups excluding carboxylic acids is 1. The molecule has 4 nitrogen and oxygen atoms in total. The van der Waals surface area contributed by atoms with E-state index in [1.54, 1.807) is 0 Å². The van der Waals surface area contributed by atoms with Crippen molar-refractivity contribution in [1.29, 1.82) is 0 Å². The summed E-state index contributed by atoms with van der Waals surface area (Å²) in [4.78, 5) is 20.8. The minimum atomic E-state index is 0.0704. The molecule has 1 atom stereocenters. The highest BCUT2D eigenvalue weighted by molar-refractivity contribution is 7.09. The van der Waals surface area contributed by atoms with Crippen LogP contribution in [-0.4, -0.2) is 54.5 Å². The summed E-state index contributed by atoms with van der Waals surface area (Å²) >= 11 is 1.82. The number of piperazine rings is 1. The van der Waals surface area contributed by atoms with Crippen molar-refractivity contribution in [3.05, 3.63) is 52.7 Å². The predicted octanol–water partition coefficient (Wildman–Crippen LogP) is 2.67. The number of benzene rings is 1. The lowest BCUT2D eigenvalue weighted by molar-refractivity contribution is -0.123. The van der Waals surface area contributed by atoms with Crippen LogP contribution in [0.4, 0.5) is 5.69 Å². The van der Waals surface area contributed by atoms with Crippen molar-refractivity contribution in [3.63, 3.8) is 0 Å². The maximum Gasteiger partial charge on any atom is 0.241 e. The zero-order chi connectivity index (χ0) is 16.6. The quantitative estimate of drug-likeness (QED) is 0.859. The van der Waals surface area contributed by atoms with Crippen LogP contribution in [-0.2, 0) is 11.3 Å². The van der Waals surface area contributed by atoms with Crippen LogP contribution in [0.2, 0.25) is 0 Å². The van der Waals surface area contributed by atoms with Crippen LogP contribution in [0, 0.1) is 0 Å². The average molecular weight is 341 g/mol. The fraction of sp³-hybridized carbons (Fsp3) is 0.421. The Kier molecular flexibility index (Phi) is 4.16. The SMILES string of the molecule is CN1CC(=O)N(c2ccccc2)CC12CCN(Cc1cccs1)C2. The summed E-state index contributed by atoms with van der Waals surface area (Å²) in [6.07, 6.45) is 1.12. The smallest absolute Gasteiger partial charge is 0.241 e. The van der Waals surface area contributed by atoms with E-state index in [1.807, 2.05) is 46.6 Å². The van der Waals surface area contributed by atoms with Crippen molar-refractivity contribution in [2.75, 3.05) is 38.1 Å². The van der Waals surface area contributed by atoms with Crippen LogP contribution in [0.3, 0.4) is 0 Å². The Morgan fingerprint density at radius 2 is 1.96 bits per heavy atom. The first-order valence-corrected chi connectivity index (χ1v) is 9.36. The molecule has 0 radical (unpaired) electrons. The molecule has 1 aromatic heterocycles. The van der Waals surface area contributed by atoms with Gasteiger partial charge in [-0.25, -0.2) is 0 Å². The van der Waals surface area contributed by atoms with Crippen molar-refractivity contribution >= 4 is 22.9 Å². The number of rotatable bonds is 3. The van der Waals surface area contributed by atoms with Crippen LogP contribution < -0.4 is 4.90 Å². The third kappa shape index (κ3) is 2.88. The van der Waals surface area contributed by atoms with E-state index in [1.165, 1.54) is 4.88 Å². The molecule has 2 aliphatic rings. The largest absolute Gasteiger partial charge is 0.309 e. The first-order valence-electron chi connectivity index (χ1n) is 8.48. The molecule has 0 saturated carbocycles. The van der Waals surface area contributed by atoms with Crippen molar-refractivity contribution in [1.82, 2.24) is 9.80 Å². The second kappa shape index (κ2) is 6.31. The maximum atomic E-state index is 12.6. The van der Waals surface area contributed by atoms with Gasteiger partial charge >= 0.3 is 0 Å². The number of likely N-dealkylation sites (N-methyl/N-ethyl adjacent to an activating group) is 1. The Morgan fingerprint density at radius 1 is 1.12 bits per heavy atom. The molecule has 3 heterocycles. The third-order valence-corrected chi connectivity index (χ3v) is 6.24. The van der Waals surface area contributed by atoms with Crippen molar-refractivity contribution < 1.29 is 4.79 Å². The van der Waals surface area contributed by atoms with Gasteiger partial charge in [0.2, 0.25) is 5.91 Å². The van der Waals surface area contributed by atoms with Crippen LogP contribution >= 0.6 is 11.3 Å². The van der Waals surface area contributed by atoms with Crippen LogP contribution in [0.5, 0.6) is 0 Å². The summed E-state index contributed by atoms with van der Waals surface area (Å²) in [6.45, 7) is 4.43. The Bertz CT molecular complexity index is 703. The monoisotopic (exact) mass is 341 g/mol. The molecule has 126 valence electrons. The Hall–Kier alpha value is -1.69. The van der Waals surface area contributed by atoms with Crippen molar-refractivity contribution in [2.45, 2.75) is 18.5 Å². The number of thiophene rings is 1. The molecule has 1 amide bonds. The van der Waals surface area contributed by atoms with Crippen molar-refractivity contribution in [2.24, 2.45) is 0 Å². The number of para-hydroxylation sites is 1. The van der Waals surface area contributed by atoms with Gasteiger partial charge in [0, 0.05) is 36.7 Å². The standard InChI is InChI=1S/C19H23N3OS/c1-20-13-18(23)22(16-6-3-2-4-7-16)15-19(20)9-10-21(14-19)12-17-8-5-11-24-17/h2-8,11H,9-10,12-15H2,1H3. The lowest BCUT2D eigenvalue weighted by atomic mass is 9.92. The van der Waals surface area contributed by atoms with Gasteiger partial charge in [-0.3, -0.25) is 14.6 Å². The van der Waals surface area contributed by atoms with Gasteiger partial charge in [0.25, 0.3) is 0 Å². The molecule has 1 unspecified atom stereocenters. The van der Waals surface area contributed by atoms with E-state index in [4.69, 9.17) is 0 Å². The Morgan fingerprint density at radius 3 is 2.71 bits per heavy atom. The molecular formula is C19H23N3OS. The number of carbonyl (C=O) groups is 1. The number of likely N-dealkylation sites (tertiary alicyclic amines) is 1. The van der Waals surface area contributed by atoms with Crippen LogP contribution in [0.15, 0.2) is 47.8 Å². The van der Waals surface area contributed by atoms with E-state index in [9.17, 15) is 4.79 Å². The van der Waals surface area contributed by atoms with E-state index in [0.717, 1.165) is 38.3 Å².